The van der Waals surface area contributed by atoms with Gasteiger partial charge in [-0.05, 0) is 43.9 Å². The maximum atomic E-state index is 13.8. The van der Waals surface area contributed by atoms with Crippen molar-refractivity contribution in [3.8, 4) is 6.07 Å². The van der Waals surface area contributed by atoms with Crippen molar-refractivity contribution in [1.29, 1.82) is 10.7 Å². The molecule has 1 fully saturated rings. The number of aliphatic imine (C=N–C) groups is 1. The summed E-state index contributed by atoms with van der Waals surface area (Å²) in [5.74, 6) is 0.278. The van der Waals surface area contributed by atoms with Crippen LogP contribution in [-0.2, 0) is 0 Å². The standard InChI is InChI=1S/C24H22ClF2N5S/c1-14(26)3-2-4-19(29)21-20-11-15(7-8-28)13-32(20)23(24-30-9-10-33-24)31-22(21)17-6-5-16(27)12-18(17)25/h2,4-6,9-10,12,14-15,22,29H,3,7,11,13H2,1H3/b4-2-,29-19?/t14?,15?,22-/m0/s1. The van der Waals surface area contributed by atoms with Gasteiger partial charge in [0.2, 0.25) is 0 Å². The molecule has 1 aromatic heterocycles. The van der Waals surface area contributed by atoms with Crippen molar-refractivity contribution in [1.82, 2.24) is 9.88 Å². The Kier molecular flexibility index (Phi) is 7.01. The van der Waals surface area contributed by atoms with Gasteiger partial charge < -0.3 is 10.3 Å². The number of hydrogen-bond donors (Lipinski definition) is 1. The molecule has 0 amide bonds. The number of alkyl halides is 1. The van der Waals surface area contributed by atoms with E-state index < -0.39 is 18.0 Å². The van der Waals surface area contributed by atoms with E-state index in [-0.39, 0.29) is 23.1 Å². The number of nitrogens with zero attached hydrogens (tertiary/aromatic N) is 4. The fourth-order valence-corrected chi connectivity index (χ4v) is 5.10. The number of nitrogens with one attached hydrogen (secondary N) is 1. The fraction of sp³-hybridized carbons (Fsp3) is 0.333. The fourth-order valence-electron chi connectivity index (χ4n) is 4.19. The molecule has 1 N–H and O–H groups in total. The van der Waals surface area contributed by atoms with E-state index in [1.807, 2.05) is 10.3 Å². The zero-order chi connectivity index (χ0) is 23.5. The molecule has 3 heterocycles. The summed E-state index contributed by atoms with van der Waals surface area (Å²) in [5, 5.41) is 20.9. The van der Waals surface area contributed by atoms with Crippen LogP contribution in [0.4, 0.5) is 8.78 Å². The average Bonchev–Trinajstić information content (AvgIpc) is 3.42. The van der Waals surface area contributed by atoms with Crippen LogP contribution in [0.25, 0.3) is 0 Å². The molecule has 0 bridgehead atoms. The number of fused-ring (bicyclic) bond motifs is 1. The predicted molar refractivity (Wildman–Crippen MR) is 127 cm³/mol. The van der Waals surface area contributed by atoms with Gasteiger partial charge in [0.25, 0.3) is 0 Å². The average molecular weight is 486 g/mol. The van der Waals surface area contributed by atoms with Crippen LogP contribution in [0.3, 0.4) is 0 Å². The van der Waals surface area contributed by atoms with E-state index in [0.29, 0.717) is 36.4 Å². The van der Waals surface area contributed by atoms with E-state index in [1.165, 1.54) is 30.4 Å². The van der Waals surface area contributed by atoms with E-state index in [0.717, 1.165) is 10.7 Å². The van der Waals surface area contributed by atoms with Gasteiger partial charge in [0.05, 0.1) is 11.8 Å². The van der Waals surface area contributed by atoms with Crippen molar-refractivity contribution < 1.29 is 8.78 Å². The highest BCUT2D eigenvalue weighted by Crippen LogP contribution is 2.44. The van der Waals surface area contributed by atoms with Crippen LogP contribution in [0.2, 0.25) is 5.02 Å². The summed E-state index contributed by atoms with van der Waals surface area (Å²) in [6.07, 6.45) is 5.08. The minimum absolute atomic E-state index is 0.0789. The van der Waals surface area contributed by atoms with Gasteiger partial charge in [-0.2, -0.15) is 5.26 Å². The van der Waals surface area contributed by atoms with Crippen LogP contribution in [-0.4, -0.2) is 34.1 Å². The molecule has 0 spiro atoms. The highest BCUT2D eigenvalue weighted by Gasteiger charge is 2.40. The zero-order valence-electron chi connectivity index (χ0n) is 17.9. The monoisotopic (exact) mass is 485 g/mol. The Morgan fingerprint density at radius 1 is 1.48 bits per heavy atom. The third-order valence-corrected chi connectivity index (χ3v) is 6.73. The molecule has 1 aromatic carbocycles. The number of thiazole rings is 1. The first-order valence-corrected chi connectivity index (χ1v) is 11.8. The molecule has 2 aromatic rings. The summed E-state index contributed by atoms with van der Waals surface area (Å²) in [7, 11) is 0. The van der Waals surface area contributed by atoms with Crippen LogP contribution in [0.1, 0.15) is 42.8 Å². The Hall–Kier alpha value is -2.89. The van der Waals surface area contributed by atoms with Gasteiger partial charge in [-0.25, -0.2) is 13.8 Å². The summed E-state index contributed by atoms with van der Waals surface area (Å²) >= 11 is 7.88. The lowest BCUT2D eigenvalue weighted by Gasteiger charge is -2.32. The SMILES string of the molecule is CC(F)C/C=C\C(=N)C1=C2CC(CC#N)CN2C(c2nccs2)=N[C@H]1c1ccc(F)cc1Cl. The van der Waals surface area contributed by atoms with E-state index in [1.54, 1.807) is 24.4 Å². The Morgan fingerprint density at radius 2 is 2.30 bits per heavy atom. The van der Waals surface area contributed by atoms with Crippen LogP contribution in [0.15, 0.2) is 58.2 Å². The van der Waals surface area contributed by atoms with Crippen molar-refractivity contribution in [2.24, 2.45) is 10.9 Å². The normalized spacial score (nSPS) is 21.2. The van der Waals surface area contributed by atoms with Crippen molar-refractivity contribution in [2.75, 3.05) is 6.54 Å². The summed E-state index contributed by atoms with van der Waals surface area (Å²) in [4.78, 5) is 11.4. The van der Waals surface area contributed by atoms with Crippen molar-refractivity contribution >= 4 is 34.5 Å². The zero-order valence-corrected chi connectivity index (χ0v) is 19.5. The van der Waals surface area contributed by atoms with Gasteiger partial charge >= 0.3 is 0 Å². The van der Waals surface area contributed by atoms with Crippen molar-refractivity contribution in [3.05, 3.63) is 74.6 Å². The molecule has 0 saturated carbocycles. The number of hydrogen-bond acceptors (Lipinski definition) is 6. The topological polar surface area (TPSA) is 76.1 Å². The molecule has 0 aliphatic carbocycles. The first-order valence-electron chi connectivity index (χ1n) is 10.6. The first kappa shape index (κ1) is 23.3. The van der Waals surface area contributed by atoms with Crippen LogP contribution < -0.4 is 0 Å². The molecule has 0 radical (unpaired) electrons. The molecule has 33 heavy (non-hydrogen) atoms. The van der Waals surface area contributed by atoms with Crippen LogP contribution in [0.5, 0.6) is 0 Å². The van der Waals surface area contributed by atoms with Crippen LogP contribution in [0, 0.1) is 28.5 Å². The van der Waals surface area contributed by atoms with Gasteiger partial charge in [-0.3, -0.25) is 4.99 Å². The highest BCUT2D eigenvalue weighted by molar-refractivity contribution is 7.11. The summed E-state index contributed by atoms with van der Waals surface area (Å²) in [6, 6.07) is 5.74. The van der Waals surface area contributed by atoms with Gasteiger partial charge in [0.15, 0.2) is 10.8 Å². The number of halogens is 3. The lowest BCUT2D eigenvalue weighted by atomic mass is 9.90. The molecule has 2 unspecified atom stereocenters. The Bertz CT molecular complexity index is 1180. The smallest absolute Gasteiger partial charge is 0.165 e. The molecule has 3 atom stereocenters. The molecule has 2 aliphatic heterocycles. The second-order valence-electron chi connectivity index (χ2n) is 8.09. The Morgan fingerprint density at radius 3 is 2.97 bits per heavy atom. The molecule has 1 saturated heterocycles. The number of aromatic nitrogens is 1. The predicted octanol–water partition coefficient (Wildman–Crippen LogP) is 6.25. The van der Waals surface area contributed by atoms with Gasteiger partial charge in [0, 0.05) is 46.4 Å². The highest BCUT2D eigenvalue weighted by atomic mass is 35.5. The van der Waals surface area contributed by atoms with E-state index in [9.17, 15) is 14.0 Å². The van der Waals surface area contributed by atoms with Crippen molar-refractivity contribution in [3.63, 3.8) is 0 Å². The lowest BCUT2D eigenvalue weighted by molar-refractivity contribution is 0.365. The number of benzene rings is 1. The number of nitriles is 1. The van der Waals surface area contributed by atoms with E-state index >= 15 is 0 Å². The molecular weight excluding hydrogens is 464 g/mol. The van der Waals surface area contributed by atoms with Crippen LogP contribution >= 0.6 is 22.9 Å². The maximum Gasteiger partial charge on any atom is 0.165 e. The minimum atomic E-state index is -1.02. The van der Waals surface area contributed by atoms with E-state index in [2.05, 4.69) is 11.1 Å². The van der Waals surface area contributed by atoms with Gasteiger partial charge in [0.1, 0.15) is 18.0 Å². The quantitative estimate of drug-likeness (QED) is 0.471. The van der Waals surface area contributed by atoms with Crippen molar-refractivity contribution in [2.45, 2.75) is 38.4 Å². The Balaban J connectivity index is 1.87. The third-order valence-electron chi connectivity index (χ3n) is 5.64. The summed E-state index contributed by atoms with van der Waals surface area (Å²) in [5.41, 5.74) is 2.28. The number of allylic oxidation sites excluding steroid dienone is 3. The second kappa shape index (κ2) is 9.94. The molecular formula is C24H22ClF2N5S. The van der Waals surface area contributed by atoms with Gasteiger partial charge in [-0.1, -0.05) is 23.7 Å². The number of rotatable bonds is 7. The summed E-state index contributed by atoms with van der Waals surface area (Å²) < 4.78 is 27.1. The Labute approximate surface area is 200 Å². The lowest BCUT2D eigenvalue weighted by Crippen LogP contribution is -2.35. The largest absolute Gasteiger partial charge is 0.327 e. The molecule has 2 aliphatic rings. The molecule has 5 nitrogen and oxygen atoms in total. The molecule has 4 rings (SSSR count). The van der Waals surface area contributed by atoms with Gasteiger partial charge in [-0.15, -0.1) is 11.3 Å². The molecule has 9 heteroatoms. The number of amidine groups is 1. The first-order chi connectivity index (χ1) is 15.9. The maximum absolute atomic E-state index is 13.8. The summed E-state index contributed by atoms with van der Waals surface area (Å²) in [6.45, 7) is 2.06. The molecule has 170 valence electrons. The minimum Gasteiger partial charge on any atom is -0.327 e. The second-order valence-corrected chi connectivity index (χ2v) is 9.40. The third kappa shape index (κ3) is 4.90. The van der Waals surface area contributed by atoms with E-state index in [4.69, 9.17) is 22.0 Å².